The molecule has 1 aromatic rings. The van der Waals surface area contributed by atoms with Gasteiger partial charge in [-0.05, 0) is 31.0 Å². The first-order valence-electron chi connectivity index (χ1n) is 6.29. The van der Waals surface area contributed by atoms with Crippen LogP contribution in [-0.2, 0) is 0 Å². The van der Waals surface area contributed by atoms with Crippen molar-refractivity contribution < 1.29 is 0 Å². The number of nitrogens with two attached hydrogens (primary N) is 1. The molecule has 1 rings (SSSR count). The lowest BCUT2D eigenvalue weighted by Crippen LogP contribution is -2.28. The molecule has 0 saturated heterocycles. The van der Waals surface area contributed by atoms with Crippen LogP contribution in [0, 0.1) is 6.92 Å². The molecule has 0 bridgehead atoms. The van der Waals surface area contributed by atoms with Crippen LogP contribution in [0.2, 0.25) is 0 Å². The molecule has 0 amide bonds. The Balaban J connectivity index is 2.43. The highest BCUT2D eigenvalue weighted by atomic mass is 14.9. The van der Waals surface area contributed by atoms with Crippen LogP contribution in [0.15, 0.2) is 24.3 Å². The number of nitrogens with one attached hydrogen (secondary N) is 1. The summed E-state index contributed by atoms with van der Waals surface area (Å²) in [5.74, 6) is 0. The summed E-state index contributed by atoms with van der Waals surface area (Å²) in [7, 11) is 0. The molecule has 0 aliphatic heterocycles. The molecule has 16 heavy (non-hydrogen) atoms. The average molecular weight is 220 g/mol. The minimum atomic E-state index is 0.411. The van der Waals surface area contributed by atoms with Gasteiger partial charge in [0.2, 0.25) is 0 Å². The normalized spacial score (nSPS) is 12.4. The Labute approximate surface area is 99.2 Å². The number of unbranched alkanes of at least 4 members (excludes halogenated alkanes) is 2. The van der Waals surface area contributed by atoms with E-state index in [4.69, 9.17) is 5.73 Å². The summed E-state index contributed by atoms with van der Waals surface area (Å²) in [6.45, 7) is 5.04. The Kier molecular flexibility index (Phi) is 5.94. The van der Waals surface area contributed by atoms with E-state index in [0.29, 0.717) is 12.6 Å². The Bertz CT molecular complexity index is 297. The third-order valence-corrected chi connectivity index (χ3v) is 2.83. The highest BCUT2D eigenvalue weighted by Crippen LogP contribution is 2.13. The highest BCUT2D eigenvalue weighted by molar-refractivity contribution is 5.46. The highest BCUT2D eigenvalue weighted by Gasteiger charge is 2.05. The molecule has 2 heteroatoms. The Morgan fingerprint density at radius 2 is 2.12 bits per heavy atom. The van der Waals surface area contributed by atoms with E-state index in [1.165, 1.54) is 30.5 Å². The summed E-state index contributed by atoms with van der Waals surface area (Å²) < 4.78 is 0. The quantitative estimate of drug-likeness (QED) is 0.692. The maximum atomic E-state index is 5.78. The van der Waals surface area contributed by atoms with Gasteiger partial charge in [-0.2, -0.15) is 0 Å². The zero-order valence-corrected chi connectivity index (χ0v) is 10.5. The van der Waals surface area contributed by atoms with Crippen molar-refractivity contribution in [1.82, 2.24) is 0 Å². The van der Waals surface area contributed by atoms with Crippen LogP contribution >= 0.6 is 0 Å². The van der Waals surface area contributed by atoms with E-state index in [0.717, 1.165) is 6.42 Å². The van der Waals surface area contributed by atoms with Gasteiger partial charge in [0.05, 0.1) is 0 Å². The Morgan fingerprint density at radius 3 is 2.75 bits per heavy atom. The number of rotatable bonds is 7. The van der Waals surface area contributed by atoms with E-state index in [9.17, 15) is 0 Å². The van der Waals surface area contributed by atoms with Gasteiger partial charge in [0.1, 0.15) is 0 Å². The number of aryl methyl sites for hydroxylation is 1. The van der Waals surface area contributed by atoms with Crippen molar-refractivity contribution >= 4 is 5.69 Å². The van der Waals surface area contributed by atoms with Gasteiger partial charge in [0.25, 0.3) is 0 Å². The van der Waals surface area contributed by atoms with Gasteiger partial charge in [-0.3, -0.25) is 0 Å². The predicted molar refractivity (Wildman–Crippen MR) is 71.8 cm³/mol. The number of hydrogen-bond donors (Lipinski definition) is 2. The molecule has 0 radical (unpaired) electrons. The lowest BCUT2D eigenvalue weighted by Gasteiger charge is -2.18. The molecule has 90 valence electrons. The minimum absolute atomic E-state index is 0.411. The first kappa shape index (κ1) is 13.0. The van der Waals surface area contributed by atoms with Crippen LogP contribution in [-0.4, -0.2) is 12.6 Å². The largest absolute Gasteiger partial charge is 0.381 e. The van der Waals surface area contributed by atoms with Crippen molar-refractivity contribution in [2.45, 2.75) is 45.6 Å². The number of hydrogen-bond acceptors (Lipinski definition) is 2. The van der Waals surface area contributed by atoms with E-state index in [2.05, 4.69) is 43.4 Å². The smallest absolute Gasteiger partial charge is 0.0383 e. The molecule has 0 aliphatic carbocycles. The summed E-state index contributed by atoms with van der Waals surface area (Å²) in [5, 5.41) is 3.50. The third-order valence-electron chi connectivity index (χ3n) is 2.83. The monoisotopic (exact) mass is 220 g/mol. The van der Waals surface area contributed by atoms with Crippen molar-refractivity contribution in [2.24, 2.45) is 5.73 Å². The number of anilines is 1. The molecule has 0 spiro atoms. The average Bonchev–Trinajstić information content (AvgIpc) is 2.28. The first-order valence-corrected chi connectivity index (χ1v) is 6.29. The third kappa shape index (κ3) is 4.67. The van der Waals surface area contributed by atoms with Gasteiger partial charge in [-0.15, -0.1) is 0 Å². The topological polar surface area (TPSA) is 38.0 Å². The molecule has 1 unspecified atom stereocenters. The van der Waals surface area contributed by atoms with E-state index in [1.54, 1.807) is 0 Å². The van der Waals surface area contributed by atoms with E-state index < -0.39 is 0 Å². The van der Waals surface area contributed by atoms with Crippen LogP contribution in [0.1, 0.15) is 38.2 Å². The number of benzene rings is 1. The molecule has 1 aromatic carbocycles. The van der Waals surface area contributed by atoms with Gasteiger partial charge in [-0.25, -0.2) is 0 Å². The molecule has 0 heterocycles. The van der Waals surface area contributed by atoms with Gasteiger partial charge >= 0.3 is 0 Å². The summed E-state index contributed by atoms with van der Waals surface area (Å²) in [4.78, 5) is 0. The van der Waals surface area contributed by atoms with Gasteiger partial charge in [-0.1, -0.05) is 38.3 Å². The molecule has 2 nitrogen and oxygen atoms in total. The second-order valence-corrected chi connectivity index (χ2v) is 4.44. The summed E-state index contributed by atoms with van der Waals surface area (Å²) in [5.41, 5.74) is 8.25. The first-order chi connectivity index (χ1) is 7.76. The Morgan fingerprint density at radius 1 is 1.31 bits per heavy atom. The molecule has 0 aliphatic rings. The lowest BCUT2D eigenvalue weighted by atomic mass is 10.1. The molecule has 3 N–H and O–H groups in total. The summed E-state index contributed by atoms with van der Waals surface area (Å²) >= 11 is 0. The molecular formula is C14H24N2. The molecule has 0 aromatic heterocycles. The van der Waals surface area contributed by atoms with E-state index in [1.807, 2.05) is 0 Å². The van der Waals surface area contributed by atoms with Crippen molar-refractivity contribution in [3.63, 3.8) is 0 Å². The van der Waals surface area contributed by atoms with Crippen molar-refractivity contribution in [3.8, 4) is 0 Å². The molecule has 0 fully saturated rings. The molecular weight excluding hydrogens is 196 g/mol. The molecule has 0 saturated carbocycles. The maximum Gasteiger partial charge on any atom is 0.0383 e. The van der Waals surface area contributed by atoms with E-state index in [-0.39, 0.29) is 0 Å². The zero-order valence-electron chi connectivity index (χ0n) is 10.5. The van der Waals surface area contributed by atoms with Crippen molar-refractivity contribution in [3.05, 3.63) is 29.8 Å². The van der Waals surface area contributed by atoms with Crippen LogP contribution in [0.5, 0.6) is 0 Å². The van der Waals surface area contributed by atoms with Crippen molar-refractivity contribution in [1.29, 1.82) is 0 Å². The standard InChI is InChI=1S/C14H24N2/c1-3-4-5-8-14(11-15)16-13-9-6-7-12(2)10-13/h6-7,9-10,14,16H,3-5,8,11,15H2,1-2H3. The van der Waals surface area contributed by atoms with Crippen LogP contribution in [0.4, 0.5) is 5.69 Å². The van der Waals surface area contributed by atoms with Crippen LogP contribution in [0.25, 0.3) is 0 Å². The van der Waals surface area contributed by atoms with Gasteiger partial charge in [0.15, 0.2) is 0 Å². The SMILES string of the molecule is CCCCCC(CN)Nc1cccc(C)c1. The van der Waals surface area contributed by atoms with Crippen molar-refractivity contribution in [2.75, 3.05) is 11.9 Å². The summed E-state index contributed by atoms with van der Waals surface area (Å²) in [6.07, 6.45) is 4.99. The lowest BCUT2D eigenvalue weighted by molar-refractivity contribution is 0.591. The van der Waals surface area contributed by atoms with Gasteiger partial charge < -0.3 is 11.1 Å². The molecule has 1 atom stereocenters. The fourth-order valence-electron chi connectivity index (χ4n) is 1.86. The maximum absolute atomic E-state index is 5.78. The second kappa shape index (κ2) is 7.29. The van der Waals surface area contributed by atoms with Crippen LogP contribution in [0.3, 0.4) is 0 Å². The zero-order chi connectivity index (χ0) is 11.8. The van der Waals surface area contributed by atoms with Crippen LogP contribution < -0.4 is 11.1 Å². The second-order valence-electron chi connectivity index (χ2n) is 4.44. The fourth-order valence-corrected chi connectivity index (χ4v) is 1.86. The predicted octanol–water partition coefficient (Wildman–Crippen LogP) is 3.31. The van der Waals surface area contributed by atoms with Gasteiger partial charge in [0, 0.05) is 18.3 Å². The minimum Gasteiger partial charge on any atom is -0.381 e. The fraction of sp³-hybridized carbons (Fsp3) is 0.571. The van der Waals surface area contributed by atoms with E-state index >= 15 is 0 Å². The Hall–Kier alpha value is -1.02. The summed E-state index contributed by atoms with van der Waals surface area (Å²) in [6, 6.07) is 8.88.